The lowest BCUT2D eigenvalue weighted by atomic mass is 10.1. The van der Waals surface area contributed by atoms with Gasteiger partial charge in [-0.15, -0.1) is 0 Å². The van der Waals surface area contributed by atoms with Crippen molar-refractivity contribution in [1.82, 2.24) is 4.90 Å². The van der Waals surface area contributed by atoms with Crippen LogP contribution in [0, 0.1) is 0 Å². The predicted octanol–water partition coefficient (Wildman–Crippen LogP) is 2.53. The Kier molecular flexibility index (Phi) is 4.37. The Hall–Kier alpha value is -1.28. The SMILES string of the molecule is CN(C)/C=C(/C=O)Cc1ccc(Cl)cc1. The second-order valence-electron chi connectivity index (χ2n) is 3.59. The van der Waals surface area contributed by atoms with Gasteiger partial charge in [0.1, 0.15) is 6.29 Å². The molecule has 0 saturated heterocycles. The molecule has 0 amide bonds. The topological polar surface area (TPSA) is 20.3 Å². The van der Waals surface area contributed by atoms with Crippen LogP contribution >= 0.6 is 11.6 Å². The molecule has 0 unspecified atom stereocenters. The lowest BCUT2D eigenvalue weighted by molar-refractivity contribution is -0.105. The van der Waals surface area contributed by atoms with Crippen molar-refractivity contribution < 1.29 is 4.79 Å². The number of hydrogen-bond donors (Lipinski definition) is 0. The highest BCUT2D eigenvalue weighted by molar-refractivity contribution is 6.30. The van der Waals surface area contributed by atoms with Gasteiger partial charge in [0.2, 0.25) is 0 Å². The van der Waals surface area contributed by atoms with Crippen LogP contribution in [0.5, 0.6) is 0 Å². The van der Waals surface area contributed by atoms with Gasteiger partial charge in [-0.3, -0.25) is 4.79 Å². The van der Waals surface area contributed by atoms with Crippen LogP contribution in [0.3, 0.4) is 0 Å². The van der Waals surface area contributed by atoms with E-state index in [1.54, 1.807) is 0 Å². The molecular formula is C12H14ClNO. The van der Waals surface area contributed by atoms with E-state index in [1.165, 1.54) is 0 Å². The summed E-state index contributed by atoms with van der Waals surface area (Å²) in [6.07, 6.45) is 3.34. The summed E-state index contributed by atoms with van der Waals surface area (Å²) in [4.78, 5) is 12.7. The molecule has 0 bridgehead atoms. The summed E-state index contributed by atoms with van der Waals surface area (Å²) < 4.78 is 0. The zero-order valence-electron chi connectivity index (χ0n) is 8.90. The largest absolute Gasteiger partial charge is 0.383 e. The highest BCUT2D eigenvalue weighted by Crippen LogP contribution is 2.12. The lowest BCUT2D eigenvalue weighted by Gasteiger charge is -2.07. The van der Waals surface area contributed by atoms with Gasteiger partial charge in [0.15, 0.2) is 0 Å². The fraction of sp³-hybridized carbons (Fsp3) is 0.250. The van der Waals surface area contributed by atoms with E-state index in [1.807, 2.05) is 49.5 Å². The van der Waals surface area contributed by atoms with E-state index in [4.69, 9.17) is 11.6 Å². The van der Waals surface area contributed by atoms with E-state index in [2.05, 4.69) is 0 Å². The average Bonchev–Trinajstić information content (AvgIpc) is 2.19. The molecule has 1 aromatic carbocycles. The molecule has 0 fully saturated rings. The first kappa shape index (κ1) is 11.8. The number of hydrogen-bond acceptors (Lipinski definition) is 2. The smallest absolute Gasteiger partial charge is 0.147 e. The number of carbonyl (C=O) groups excluding carboxylic acids is 1. The number of carbonyl (C=O) groups is 1. The van der Waals surface area contributed by atoms with Crippen LogP contribution in [0.1, 0.15) is 5.56 Å². The maximum absolute atomic E-state index is 10.8. The molecule has 0 spiro atoms. The maximum Gasteiger partial charge on any atom is 0.147 e. The molecule has 3 heteroatoms. The third kappa shape index (κ3) is 4.17. The Morgan fingerprint density at radius 2 is 1.93 bits per heavy atom. The molecule has 0 aliphatic carbocycles. The number of allylic oxidation sites excluding steroid dienone is 1. The van der Waals surface area contributed by atoms with Gasteiger partial charge in [0, 0.05) is 37.3 Å². The first-order valence-corrected chi connectivity index (χ1v) is 5.06. The Bertz CT molecular complexity index is 354. The normalized spacial score (nSPS) is 11.3. The standard InChI is InChI=1S/C12H14ClNO/c1-14(2)8-11(9-15)7-10-3-5-12(13)6-4-10/h3-6,8-9H,7H2,1-2H3/b11-8+. The predicted molar refractivity (Wildman–Crippen MR) is 63.0 cm³/mol. The van der Waals surface area contributed by atoms with Crippen molar-refractivity contribution in [3.05, 3.63) is 46.6 Å². The van der Waals surface area contributed by atoms with E-state index >= 15 is 0 Å². The molecule has 0 N–H and O–H groups in total. The van der Waals surface area contributed by atoms with Gasteiger partial charge in [-0.05, 0) is 17.7 Å². The van der Waals surface area contributed by atoms with Crippen LogP contribution in [0.15, 0.2) is 36.0 Å². The van der Waals surface area contributed by atoms with Crippen LogP contribution in [-0.2, 0) is 11.2 Å². The second kappa shape index (κ2) is 5.56. The number of rotatable bonds is 4. The van der Waals surface area contributed by atoms with Gasteiger partial charge < -0.3 is 4.90 Å². The van der Waals surface area contributed by atoms with Gasteiger partial charge in [-0.2, -0.15) is 0 Å². The van der Waals surface area contributed by atoms with Crippen LogP contribution in [0.25, 0.3) is 0 Å². The van der Waals surface area contributed by atoms with Crippen LogP contribution < -0.4 is 0 Å². The minimum atomic E-state index is 0.638. The summed E-state index contributed by atoms with van der Waals surface area (Å²) in [5.41, 5.74) is 1.84. The van der Waals surface area contributed by atoms with E-state index in [0.717, 1.165) is 17.4 Å². The van der Waals surface area contributed by atoms with Crippen molar-refractivity contribution in [2.24, 2.45) is 0 Å². The van der Waals surface area contributed by atoms with Crippen LogP contribution in [0.4, 0.5) is 0 Å². The minimum Gasteiger partial charge on any atom is -0.383 e. The molecule has 2 nitrogen and oxygen atoms in total. The van der Waals surface area contributed by atoms with Gasteiger partial charge in [0.05, 0.1) is 0 Å². The summed E-state index contributed by atoms with van der Waals surface area (Å²) in [6.45, 7) is 0. The Labute approximate surface area is 95.2 Å². The maximum atomic E-state index is 10.8. The highest BCUT2D eigenvalue weighted by Gasteiger charge is 1.99. The molecule has 1 rings (SSSR count). The number of benzene rings is 1. The van der Waals surface area contributed by atoms with E-state index in [-0.39, 0.29) is 0 Å². The minimum absolute atomic E-state index is 0.638. The van der Waals surface area contributed by atoms with Gasteiger partial charge in [-0.25, -0.2) is 0 Å². The molecule has 0 saturated carbocycles. The Balaban J connectivity index is 2.75. The van der Waals surface area contributed by atoms with Crippen molar-refractivity contribution in [2.45, 2.75) is 6.42 Å². The fourth-order valence-electron chi connectivity index (χ4n) is 1.29. The lowest BCUT2D eigenvalue weighted by Crippen LogP contribution is -2.05. The number of aldehydes is 1. The molecule has 0 aromatic heterocycles. The van der Waals surface area contributed by atoms with Crippen molar-refractivity contribution >= 4 is 17.9 Å². The first-order chi connectivity index (χ1) is 7.11. The van der Waals surface area contributed by atoms with Crippen molar-refractivity contribution in [1.29, 1.82) is 0 Å². The van der Waals surface area contributed by atoms with Gasteiger partial charge in [0.25, 0.3) is 0 Å². The summed E-state index contributed by atoms with van der Waals surface area (Å²) in [5.74, 6) is 0. The molecule has 1 aromatic rings. The Morgan fingerprint density at radius 3 is 2.40 bits per heavy atom. The second-order valence-corrected chi connectivity index (χ2v) is 4.03. The summed E-state index contributed by atoms with van der Waals surface area (Å²) in [7, 11) is 3.79. The fourth-order valence-corrected chi connectivity index (χ4v) is 1.41. The molecule has 15 heavy (non-hydrogen) atoms. The van der Waals surface area contributed by atoms with E-state index in [0.29, 0.717) is 11.4 Å². The summed E-state index contributed by atoms with van der Waals surface area (Å²) in [5, 5.41) is 0.711. The summed E-state index contributed by atoms with van der Waals surface area (Å²) in [6, 6.07) is 7.51. The van der Waals surface area contributed by atoms with Crippen molar-refractivity contribution in [3.63, 3.8) is 0 Å². The van der Waals surface area contributed by atoms with Gasteiger partial charge >= 0.3 is 0 Å². The zero-order chi connectivity index (χ0) is 11.3. The average molecular weight is 224 g/mol. The molecular weight excluding hydrogens is 210 g/mol. The third-order valence-corrected chi connectivity index (χ3v) is 2.15. The molecule has 0 atom stereocenters. The molecule has 0 heterocycles. The highest BCUT2D eigenvalue weighted by atomic mass is 35.5. The molecule has 0 aliphatic heterocycles. The third-order valence-electron chi connectivity index (χ3n) is 1.90. The quantitative estimate of drug-likeness (QED) is 0.578. The number of halogens is 1. The van der Waals surface area contributed by atoms with Crippen molar-refractivity contribution in [3.8, 4) is 0 Å². The number of nitrogens with zero attached hydrogens (tertiary/aromatic N) is 1. The molecule has 0 aliphatic rings. The van der Waals surface area contributed by atoms with Gasteiger partial charge in [-0.1, -0.05) is 23.7 Å². The monoisotopic (exact) mass is 223 g/mol. The van der Waals surface area contributed by atoms with E-state index in [9.17, 15) is 4.79 Å². The van der Waals surface area contributed by atoms with Crippen LogP contribution in [0.2, 0.25) is 5.02 Å². The summed E-state index contributed by atoms with van der Waals surface area (Å²) >= 11 is 5.77. The Morgan fingerprint density at radius 1 is 1.33 bits per heavy atom. The zero-order valence-corrected chi connectivity index (χ0v) is 9.66. The first-order valence-electron chi connectivity index (χ1n) is 4.68. The molecule has 0 radical (unpaired) electrons. The molecule has 80 valence electrons. The van der Waals surface area contributed by atoms with Crippen LogP contribution in [-0.4, -0.2) is 25.3 Å². The van der Waals surface area contributed by atoms with E-state index < -0.39 is 0 Å². The van der Waals surface area contributed by atoms with Crippen molar-refractivity contribution in [2.75, 3.05) is 14.1 Å².